The Morgan fingerprint density at radius 2 is 1.83 bits per heavy atom. The molecule has 7 heteroatoms. The minimum atomic E-state index is -0.376. The first-order chi connectivity index (χ1) is 11.5. The van der Waals surface area contributed by atoms with E-state index in [-0.39, 0.29) is 17.4 Å². The third kappa shape index (κ3) is 3.62. The smallest absolute Gasteiger partial charge is 0.280 e. The predicted octanol–water partition coefficient (Wildman–Crippen LogP) is 3.23. The Kier molecular flexibility index (Phi) is 4.61. The maximum absolute atomic E-state index is 12.3. The molecule has 0 aliphatic carbocycles. The standard InChI is InChI=1S/C17H16BrN5O/c1-11-2-8-14(9-3-11)20-17(24)15-16(19)23(22-21-15)10-12-4-6-13(18)7-5-12/h2-9H,10,19H2,1H3,(H,20,24). The zero-order chi connectivity index (χ0) is 17.1. The van der Waals surface area contributed by atoms with Crippen LogP contribution in [0.3, 0.4) is 0 Å². The maximum Gasteiger partial charge on any atom is 0.280 e. The molecule has 0 saturated carbocycles. The number of hydrogen-bond acceptors (Lipinski definition) is 4. The van der Waals surface area contributed by atoms with E-state index in [1.807, 2.05) is 55.5 Å². The van der Waals surface area contributed by atoms with Gasteiger partial charge < -0.3 is 11.1 Å². The normalized spacial score (nSPS) is 10.6. The molecule has 122 valence electrons. The third-order valence-corrected chi connectivity index (χ3v) is 4.07. The molecule has 0 saturated heterocycles. The molecule has 1 heterocycles. The second-order valence-corrected chi connectivity index (χ2v) is 6.34. The fourth-order valence-corrected chi connectivity index (χ4v) is 2.45. The molecule has 0 radical (unpaired) electrons. The molecule has 3 aromatic rings. The Morgan fingerprint density at radius 3 is 2.50 bits per heavy atom. The quantitative estimate of drug-likeness (QED) is 0.721. The van der Waals surface area contributed by atoms with Gasteiger partial charge in [0.1, 0.15) is 0 Å². The molecule has 0 bridgehead atoms. The van der Waals surface area contributed by atoms with Gasteiger partial charge in [-0.15, -0.1) is 5.10 Å². The molecule has 24 heavy (non-hydrogen) atoms. The van der Waals surface area contributed by atoms with Gasteiger partial charge in [0.15, 0.2) is 11.5 Å². The van der Waals surface area contributed by atoms with Gasteiger partial charge in [0.2, 0.25) is 0 Å². The largest absolute Gasteiger partial charge is 0.382 e. The van der Waals surface area contributed by atoms with E-state index in [0.717, 1.165) is 15.6 Å². The number of anilines is 2. The highest BCUT2D eigenvalue weighted by Gasteiger charge is 2.17. The van der Waals surface area contributed by atoms with Gasteiger partial charge in [-0.1, -0.05) is 51.0 Å². The van der Waals surface area contributed by atoms with Crippen LogP contribution in [0.15, 0.2) is 53.0 Å². The molecule has 0 aliphatic rings. The lowest BCUT2D eigenvalue weighted by Crippen LogP contribution is -2.15. The van der Waals surface area contributed by atoms with Gasteiger partial charge in [0.05, 0.1) is 6.54 Å². The van der Waals surface area contributed by atoms with Gasteiger partial charge in [-0.3, -0.25) is 4.79 Å². The third-order valence-electron chi connectivity index (χ3n) is 3.54. The van der Waals surface area contributed by atoms with Crippen molar-refractivity contribution in [3.63, 3.8) is 0 Å². The van der Waals surface area contributed by atoms with E-state index in [9.17, 15) is 4.79 Å². The topological polar surface area (TPSA) is 85.8 Å². The van der Waals surface area contributed by atoms with Crippen LogP contribution >= 0.6 is 15.9 Å². The lowest BCUT2D eigenvalue weighted by molar-refractivity contribution is 0.102. The molecule has 3 N–H and O–H groups in total. The second-order valence-electron chi connectivity index (χ2n) is 5.43. The number of nitrogens with zero attached hydrogens (tertiary/aromatic N) is 3. The molecular formula is C17H16BrN5O. The van der Waals surface area contributed by atoms with E-state index in [1.165, 1.54) is 4.68 Å². The number of carbonyl (C=O) groups is 1. The predicted molar refractivity (Wildman–Crippen MR) is 96.8 cm³/mol. The van der Waals surface area contributed by atoms with Crippen molar-refractivity contribution in [1.29, 1.82) is 0 Å². The van der Waals surface area contributed by atoms with Crippen molar-refractivity contribution >= 4 is 33.3 Å². The molecule has 3 rings (SSSR count). The van der Waals surface area contributed by atoms with Gasteiger partial charge in [-0.05, 0) is 36.8 Å². The summed E-state index contributed by atoms with van der Waals surface area (Å²) in [6.45, 7) is 2.43. The minimum absolute atomic E-state index is 0.118. The SMILES string of the molecule is Cc1ccc(NC(=O)c2nnn(Cc3ccc(Br)cc3)c2N)cc1. The van der Waals surface area contributed by atoms with Crippen molar-refractivity contribution in [3.8, 4) is 0 Å². The highest BCUT2D eigenvalue weighted by Crippen LogP contribution is 2.16. The van der Waals surface area contributed by atoms with Crippen LogP contribution in [0.25, 0.3) is 0 Å². The Bertz CT molecular complexity index is 856. The van der Waals surface area contributed by atoms with E-state index >= 15 is 0 Å². The van der Waals surface area contributed by atoms with E-state index in [4.69, 9.17) is 5.73 Å². The summed E-state index contributed by atoms with van der Waals surface area (Å²) < 4.78 is 2.50. The molecular weight excluding hydrogens is 370 g/mol. The molecule has 0 fully saturated rings. The van der Waals surface area contributed by atoms with Crippen molar-refractivity contribution in [2.45, 2.75) is 13.5 Å². The zero-order valence-corrected chi connectivity index (χ0v) is 14.6. The van der Waals surface area contributed by atoms with E-state index in [0.29, 0.717) is 12.2 Å². The summed E-state index contributed by atoms with van der Waals surface area (Å²) in [5.41, 5.74) is 8.97. The molecule has 0 unspecified atom stereocenters. The lowest BCUT2D eigenvalue weighted by atomic mass is 10.2. The summed E-state index contributed by atoms with van der Waals surface area (Å²) in [6.07, 6.45) is 0. The van der Waals surface area contributed by atoms with Crippen molar-refractivity contribution in [2.75, 3.05) is 11.1 Å². The number of nitrogen functional groups attached to an aromatic ring is 1. The molecule has 6 nitrogen and oxygen atoms in total. The summed E-state index contributed by atoms with van der Waals surface area (Å²) in [5, 5.41) is 10.7. The fourth-order valence-electron chi connectivity index (χ4n) is 2.19. The van der Waals surface area contributed by atoms with Crippen LogP contribution < -0.4 is 11.1 Å². The summed E-state index contributed by atoms with van der Waals surface area (Å²) in [7, 11) is 0. The second kappa shape index (κ2) is 6.84. The molecule has 1 amide bonds. The Labute approximate surface area is 147 Å². The number of benzene rings is 2. The number of nitrogens with two attached hydrogens (primary N) is 1. The van der Waals surface area contributed by atoms with Crippen LogP contribution in [0.4, 0.5) is 11.5 Å². The van der Waals surface area contributed by atoms with Crippen LogP contribution in [0, 0.1) is 6.92 Å². The van der Waals surface area contributed by atoms with Crippen molar-refractivity contribution in [1.82, 2.24) is 15.0 Å². The summed E-state index contributed by atoms with van der Waals surface area (Å²) >= 11 is 3.39. The van der Waals surface area contributed by atoms with E-state index < -0.39 is 0 Å². The summed E-state index contributed by atoms with van der Waals surface area (Å²) in [4.78, 5) is 12.3. The van der Waals surface area contributed by atoms with Crippen LogP contribution in [0.5, 0.6) is 0 Å². The number of hydrogen-bond donors (Lipinski definition) is 2. The van der Waals surface area contributed by atoms with Gasteiger partial charge in [-0.25, -0.2) is 4.68 Å². The van der Waals surface area contributed by atoms with Crippen LogP contribution in [-0.2, 0) is 6.54 Å². The Morgan fingerprint density at radius 1 is 1.17 bits per heavy atom. The molecule has 0 spiro atoms. The van der Waals surface area contributed by atoms with Crippen molar-refractivity contribution < 1.29 is 4.79 Å². The minimum Gasteiger partial charge on any atom is -0.382 e. The number of amides is 1. The molecule has 2 aromatic carbocycles. The molecule has 0 aliphatic heterocycles. The van der Waals surface area contributed by atoms with E-state index in [1.54, 1.807) is 0 Å². The first-order valence-electron chi connectivity index (χ1n) is 7.34. The van der Waals surface area contributed by atoms with E-state index in [2.05, 4.69) is 31.6 Å². The average molecular weight is 386 g/mol. The number of rotatable bonds is 4. The van der Waals surface area contributed by atoms with Crippen LogP contribution in [-0.4, -0.2) is 20.9 Å². The highest BCUT2D eigenvalue weighted by molar-refractivity contribution is 9.10. The Hall–Kier alpha value is -2.67. The number of carbonyl (C=O) groups excluding carboxylic acids is 1. The van der Waals surface area contributed by atoms with Crippen molar-refractivity contribution in [3.05, 3.63) is 69.8 Å². The summed E-state index contributed by atoms with van der Waals surface area (Å²) in [5.74, 6) is -0.138. The number of halogens is 1. The van der Waals surface area contributed by atoms with Crippen LogP contribution in [0.2, 0.25) is 0 Å². The van der Waals surface area contributed by atoms with Gasteiger partial charge >= 0.3 is 0 Å². The van der Waals surface area contributed by atoms with Gasteiger partial charge in [0.25, 0.3) is 5.91 Å². The van der Waals surface area contributed by atoms with Gasteiger partial charge in [-0.2, -0.15) is 0 Å². The first-order valence-corrected chi connectivity index (χ1v) is 8.13. The van der Waals surface area contributed by atoms with Crippen molar-refractivity contribution in [2.24, 2.45) is 0 Å². The maximum atomic E-state index is 12.3. The average Bonchev–Trinajstić information content (AvgIpc) is 2.93. The van der Waals surface area contributed by atoms with Crippen LogP contribution in [0.1, 0.15) is 21.6 Å². The van der Waals surface area contributed by atoms with Gasteiger partial charge in [0, 0.05) is 10.2 Å². The zero-order valence-electron chi connectivity index (χ0n) is 13.0. The number of aryl methyl sites for hydroxylation is 1. The molecule has 0 atom stereocenters. The fraction of sp³-hybridized carbons (Fsp3) is 0.118. The first kappa shape index (κ1) is 16.2. The number of aromatic nitrogens is 3. The monoisotopic (exact) mass is 385 g/mol. The highest BCUT2D eigenvalue weighted by atomic mass is 79.9. The summed E-state index contributed by atoms with van der Waals surface area (Å²) in [6, 6.07) is 15.3. The molecule has 1 aromatic heterocycles. The number of nitrogens with one attached hydrogen (secondary N) is 1. The Balaban J connectivity index is 1.75. The lowest BCUT2D eigenvalue weighted by Gasteiger charge is -2.05.